The standard InChI is InChI=1S/C40H49N7O4/c1-8-45(9-2)36(48)20-14-30-13-19-34(50-7)35(25-30)51-39-33(38(49)43-37-28(5)11-10-12-29(37)6)26-41-40(44-39)42-31-15-17-32(18-16-31)47-23-21-46(22-24-47)27(3)4/h10-20,25-27H,8-9,21-24H2,1-7H3,(H,43,49)(H,41,42,44)/b20-14+. The molecular weight excluding hydrogens is 642 g/mol. The zero-order valence-electron chi connectivity index (χ0n) is 30.7. The van der Waals surface area contributed by atoms with Crippen LogP contribution in [0.2, 0.25) is 0 Å². The number of nitrogens with zero attached hydrogens (tertiary/aromatic N) is 5. The summed E-state index contributed by atoms with van der Waals surface area (Å²) in [4.78, 5) is 42.2. The number of piperazine rings is 1. The number of benzene rings is 3. The summed E-state index contributed by atoms with van der Waals surface area (Å²) < 4.78 is 12.0. The SMILES string of the molecule is CCN(CC)C(=O)/C=C/c1ccc(OC)c(Oc2nc(Nc3ccc(N4CCN(C(C)C)CC4)cc3)ncc2C(=O)Nc2c(C)cccc2C)c1. The number of methoxy groups -OCH3 is 1. The van der Waals surface area contributed by atoms with Crippen molar-refractivity contribution < 1.29 is 19.1 Å². The molecule has 0 bridgehead atoms. The zero-order valence-corrected chi connectivity index (χ0v) is 30.7. The van der Waals surface area contributed by atoms with Gasteiger partial charge in [0.1, 0.15) is 5.56 Å². The first kappa shape index (κ1) is 36.9. The Bertz CT molecular complexity index is 1830. The molecule has 4 aromatic rings. The van der Waals surface area contributed by atoms with Crippen molar-refractivity contribution in [2.45, 2.75) is 47.6 Å². The molecule has 0 atom stereocenters. The van der Waals surface area contributed by atoms with Crippen LogP contribution in [0.3, 0.4) is 0 Å². The molecule has 268 valence electrons. The van der Waals surface area contributed by atoms with E-state index in [0.717, 1.165) is 48.7 Å². The highest BCUT2D eigenvalue weighted by molar-refractivity contribution is 6.06. The number of rotatable bonds is 13. The monoisotopic (exact) mass is 691 g/mol. The fraction of sp³-hybridized carbons (Fsp3) is 0.350. The van der Waals surface area contributed by atoms with Gasteiger partial charge in [-0.25, -0.2) is 4.98 Å². The van der Waals surface area contributed by atoms with E-state index in [1.54, 1.807) is 23.1 Å². The van der Waals surface area contributed by atoms with Crippen molar-refractivity contribution in [2.75, 3.05) is 61.9 Å². The van der Waals surface area contributed by atoms with E-state index in [-0.39, 0.29) is 23.3 Å². The summed E-state index contributed by atoms with van der Waals surface area (Å²) in [7, 11) is 1.54. The molecule has 0 spiro atoms. The fourth-order valence-corrected chi connectivity index (χ4v) is 6.02. The summed E-state index contributed by atoms with van der Waals surface area (Å²) in [6.45, 7) is 17.5. The van der Waals surface area contributed by atoms with Crippen LogP contribution in [-0.4, -0.2) is 84.0 Å². The molecule has 0 saturated carbocycles. The van der Waals surface area contributed by atoms with E-state index in [2.05, 4.69) is 56.4 Å². The number of aromatic nitrogens is 2. The van der Waals surface area contributed by atoms with E-state index < -0.39 is 5.91 Å². The number of ether oxygens (including phenoxy) is 2. The molecule has 1 aromatic heterocycles. The van der Waals surface area contributed by atoms with E-state index in [0.29, 0.717) is 41.9 Å². The molecule has 2 amide bonds. The number of carbonyl (C=O) groups excluding carboxylic acids is 2. The highest BCUT2D eigenvalue weighted by Gasteiger charge is 2.22. The number of hydrogen-bond donors (Lipinski definition) is 2. The van der Waals surface area contributed by atoms with Crippen molar-refractivity contribution in [3.05, 3.63) is 95.2 Å². The number of para-hydroxylation sites is 1. The maximum absolute atomic E-state index is 13.8. The van der Waals surface area contributed by atoms with Gasteiger partial charge in [-0.2, -0.15) is 4.98 Å². The van der Waals surface area contributed by atoms with Crippen molar-refractivity contribution in [3.63, 3.8) is 0 Å². The van der Waals surface area contributed by atoms with Crippen LogP contribution in [-0.2, 0) is 4.79 Å². The van der Waals surface area contributed by atoms with Crippen LogP contribution in [0.25, 0.3) is 6.08 Å². The first-order valence-electron chi connectivity index (χ1n) is 17.5. The van der Waals surface area contributed by atoms with Crippen LogP contribution in [0.5, 0.6) is 17.4 Å². The molecule has 11 nitrogen and oxygen atoms in total. The number of carbonyl (C=O) groups is 2. The second-order valence-corrected chi connectivity index (χ2v) is 12.8. The third kappa shape index (κ3) is 9.23. The third-order valence-electron chi connectivity index (χ3n) is 9.14. The van der Waals surface area contributed by atoms with Gasteiger partial charge in [-0.3, -0.25) is 14.5 Å². The molecule has 2 heterocycles. The van der Waals surface area contributed by atoms with E-state index in [4.69, 9.17) is 9.47 Å². The van der Waals surface area contributed by atoms with Crippen LogP contribution >= 0.6 is 0 Å². The highest BCUT2D eigenvalue weighted by Crippen LogP contribution is 2.35. The van der Waals surface area contributed by atoms with E-state index in [1.165, 1.54) is 19.4 Å². The van der Waals surface area contributed by atoms with Gasteiger partial charge in [-0.1, -0.05) is 24.3 Å². The Morgan fingerprint density at radius 3 is 2.25 bits per heavy atom. The lowest BCUT2D eigenvalue weighted by Gasteiger charge is -2.38. The number of nitrogens with one attached hydrogen (secondary N) is 2. The van der Waals surface area contributed by atoms with E-state index >= 15 is 0 Å². The van der Waals surface area contributed by atoms with Crippen molar-refractivity contribution in [1.82, 2.24) is 19.8 Å². The van der Waals surface area contributed by atoms with Crippen molar-refractivity contribution in [1.29, 1.82) is 0 Å². The number of anilines is 4. The summed E-state index contributed by atoms with van der Waals surface area (Å²) in [5, 5.41) is 6.28. The lowest BCUT2D eigenvalue weighted by Crippen LogP contribution is -2.48. The Hall–Kier alpha value is -5.42. The third-order valence-corrected chi connectivity index (χ3v) is 9.14. The normalized spacial score (nSPS) is 13.4. The second-order valence-electron chi connectivity index (χ2n) is 12.8. The smallest absolute Gasteiger partial charge is 0.262 e. The summed E-state index contributed by atoms with van der Waals surface area (Å²) in [6.07, 6.45) is 4.71. The first-order valence-corrected chi connectivity index (χ1v) is 17.5. The largest absolute Gasteiger partial charge is 0.493 e. The minimum atomic E-state index is -0.421. The van der Waals surface area contributed by atoms with Crippen LogP contribution in [0.4, 0.5) is 23.0 Å². The Morgan fingerprint density at radius 1 is 0.941 bits per heavy atom. The van der Waals surface area contributed by atoms with Gasteiger partial charge < -0.3 is 29.9 Å². The van der Waals surface area contributed by atoms with Gasteiger partial charge in [0.05, 0.1) is 7.11 Å². The van der Waals surface area contributed by atoms with Gasteiger partial charge in [-0.05, 0) is 101 Å². The predicted molar refractivity (Wildman–Crippen MR) is 205 cm³/mol. The summed E-state index contributed by atoms with van der Waals surface area (Å²) in [5.74, 6) is 0.540. The Kier molecular flexibility index (Phi) is 12.3. The molecule has 0 unspecified atom stereocenters. The molecule has 0 radical (unpaired) electrons. The maximum Gasteiger partial charge on any atom is 0.262 e. The lowest BCUT2D eigenvalue weighted by atomic mass is 10.1. The zero-order chi connectivity index (χ0) is 36.5. The van der Waals surface area contributed by atoms with E-state index in [1.807, 2.05) is 64.1 Å². The van der Waals surface area contributed by atoms with E-state index in [9.17, 15) is 9.59 Å². The van der Waals surface area contributed by atoms with Crippen LogP contribution in [0.15, 0.2) is 72.9 Å². The molecule has 1 aliphatic heterocycles. The summed E-state index contributed by atoms with van der Waals surface area (Å²) >= 11 is 0. The van der Waals surface area contributed by atoms with Gasteiger partial charge in [0, 0.05) is 74.6 Å². The molecule has 1 saturated heterocycles. The Labute approximate surface area is 301 Å². The molecule has 5 rings (SSSR count). The Balaban J connectivity index is 1.43. The molecular formula is C40H49N7O4. The van der Waals surface area contributed by atoms with Crippen molar-refractivity contribution >= 4 is 40.9 Å². The lowest BCUT2D eigenvalue weighted by molar-refractivity contribution is -0.125. The van der Waals surface area contributed by atoms with Gasteiger partial charge in [-0.15, -0.1) is 0 Å². The molecule has 3 aromatic carbocycles. The molecule has 1 aliphatic rings. The Morgan fingerprint density at radius 2 is 1.63 bits per heavy atom. The molecule has 1 fully saturated rings. The highest BCUT2D eigenvalue weighted by atomic mass is 16.5. The van der Waals surface area contributed by atoms with Gasteiger partial charge in [0.15, 0.2) is 11.5 Å². The minimum absolute atomic E-state index is 0.0366. The number of likely N-dealkylation sites (N-methyl/N-ethyl adjacent to an activating group) is 1. The number of hydrogen-bond acceptors (Lipinski definition) is 9. The summed E-state index contributed by atoms with van der Waals surface area (Å²) in [5.41, 5.74) is 5.37. The predicted octanol–water partition coefficient (Wildman–Crippen LogP) is 7.30. The molecule has 0 aliphatic carbocycles. The van der Waals surface area contributed by atoms with Gasteiger partial charge in [0.25, 0.3) is 5.91 Å². The van der Waals surface area contributed by atoms with Gasteiger partial charge in [0.2, 0.25) is 17.7 Å². The van der Waals surface area contributed by atoms with Gasteiger partial charge >= 0.3 is 0 Å². The molecule has 51 heavy (non-hydrogen) atoms. The average molecular weight is 692 g/mol. The van der Waals surface area contributed by atoms with Crippen LogP contribution in [0.1, 0.15) is 54.7 Å². The minimum Gasteiger partial charge on any atom is -0.493 e. The van der Waals surface area contributed by atoms with Crippen LogP contribution < -0.4 is 25.0 Å². The second kappa shape index (κ2) is 17.0. The first-order chi connectivity index (χ1) is 24.6. The maximum atomic E-state index is 13.8. The molecule has 2 N–H and O–H groups in total. The average Bonchev–Trinajstić information content (AvgIpc) is 3.13. The van der Waals surface area contributed by atoms with Crippen molar-refractivity contribution in [2.24, 2.45) is 0 Å². The molecule has 11 heteroatoms. The number of aryl methyl sites for hydroxylation is 2. The number of amides is 2. The quantitative estimate of drug-likeness (QED) is 0.140. The summed E-state index contributed by atoms with van der Waals surface area (Å²) in [6, 6.07) is 19.9. The fourth-order valence-electron chi connectivity index (χ4n) is 6.02. The topological polar surface area (TPSA) is 112 Å². The van der Waals surface area contributed by atoms with Crippen molar-refractivity contribution in [3.8, 4) is 17.4 Å². The van der Waals surface area contributed by atoms with Crippen LogP contribution in [0, 0.1) is 13.8 Å².